The molecule has 3 N–H and O–H groups in total. The van der Waals surface area contributed by atoms with Crippen LogP contribution in [0.1, 0.15) is 5.56 Å². The van der Waals surface area contributed by atoms with E-state index in [1.54, 1.807) is 0 Å². The van der Waals surface area contributed by atoms with Gasteiger partial charge in [0.1, 0.15) is 0 Å². The molecule has 90 valence electrons. The number of halogens is 1. The molecule has 0 fully saturated rings. The molecule has 17 heavy (non-hydrogen) atoms. The highest BCUT2D eigenvalue weighted by Crippen LogP contribution is 2.24. The minimum Gasteiger partial charge on any atom is -0.328 e. The standard InChI is InChI=1S/C11H10BrN.HNO3/c12-11-3-1-2-9-6-8(7-13)4-5-10(9)11;2-1(3)4/h1-6H,7,13H2;(H,2,3,4). The van der Waals surface area contributed by atoms with Crippen LogP contribution in [0.25, 0.3) is 10.8 Å². The first-order chi connectivity index (χ1) is 8.04. The molecule has 0 aliphatic carbocycles. The predicted molar refractivity (Wildman–Crippen MR) is 68.3 cm³/mol. The summed E-state index contributed by atoms with van der Waals surface area (Å²) < 4.78 is 1.13. The van der Waals surface area contributed by atoms with Crippen molar-refractivity contribution in [1.29, 1.82) is 0 Å². The van der Waals surface area contributed by atoms with Crippen molar-refractivity contribution in [2.45, 2.75) is 6.54 Å². The molecule has 0 radical (unpaired) electrons. The van der Waals surface area contributed by atoms with Crippen molar-refractivity contribution in [3.8, 4) is 0 Å². The molecule has 0 bridgehead atoms. The van der Waals surface area contributed by atoms with Gasteiger partial charge in [0.15, 0.2) is 0 Å². The second-order valence-electron chi connectivity index (χ2n) is 3.24. The maximum Gasteiger partial charge on any atom is 0.291 e. The van der Waals surface area contributed by atoms with Crippen molar-refractivity contribution in [2.75, 3.05) is 0 Å². The van der Waals surface area contributed by atoms with E-state index in [4.69, 9.17) is 21.1 Å². The molecule has 2 aromatic rings. The van der Waals surface area contributed by atoms with Crippen LogP contribution in [0, 0.1) is 10.1 Å². The van der Waals surface area contributed by atoms with Gasteiger partial charge in [-0.25, -0.2) is 0 Å². The Morgan fingerprint density at radius 1 is 1.35 bits per heavy atom. The topological polar surface area (TPSA) is 89.4 Å². The number of nitrogens with two attached hydrogens (primary N) is 1. The first kappa shape index (κ1) is 13.4. The summed E-state index contributed by atoms with van der Waals surface area (Å²) in [6.07, 6.45) is 0. The van der Waals surface area contributed by atoms with Gasteiger partial charge in [-0.1, -0.05) is 40.2 Å². The van der Waals surface area contributed by atoms with E-state index in [-0.39, 0.29) is 0 Å². The van der Waals surface area contributed by atoms with Crippen molar-refractivity contribution >= 4 is 26.7 Å². The number of hydrogen-bond acceptors (Lipinski definition) is 3. The molecule has 0 saturated carbocycles. The van der Waals surface area contributed by atoms with Gasteiger partial charge in [-0.3, -0.25) is 0 Å². The smallest absolute Gasteiger partial charge is 0.291 e. The average Bonchev–Trinajstić information content (AvgIpc) is 2.28. The number of rotatable bonds is 1. The highest BCUT2D eigenvalue weighted by Gasteiger charge is 1.97. The summed E-state index contributed by atoms with van der Waals surface area (Å²) >= 11 is 3.51. The lowest BCUT2D eigenvalue weighted by molar-refractivity contribution is -0.742. The Kier molecular flexibility index (Phi) is 4.86. The Bertz CT molecular complexity index is 527. The molecule has 2 rings (SSSR count). The molecule has 5 nitrogen and oxygen atoms in total. The normalized spacial score (nSPS) is 9.53. The highest BCUT2D eigenvalue weighted by atomic mass is 79.9. The summed E-state index contributed by atoms with van der Waals surface area (Å²) in [6, 6.07) is 12.5. The van der Waals surface area contributed by atoms with E-state index in [1.165, 1.54) is 16.3 Å². The fraction of sp³-hybridized carbons (Fsp3) is 0.0909. The summed E-state index contributed by atoms with van der Waals surface area (Å²) in [5, 5.41) is 16.1. The van der Waals surface area contributed by atoms with Crippen LogP contribution in [-0.4, -0.2) is 10.3 Å². The van der Waals surface area contributed by atoms with E-state index >= 15 is 0 Å². The maximum atomic E-state index is 8.36. The Labute approximate surface area is 106 Å². The number of hydrogen-bond donors (Lipinski definition) is 2. The molecule has 2 aromatic carbocycles. The van der Waals surface area contributed by atoms with Crippen LogP contribution in [0.3, 0.4) is 0 Å². The van der Waals surface area contributed by atoms with Gasteiger partial charge in [0.2, 0.25) is 0 Å². The summed E-state index contributed by atoms with van der Waals surface area (Å²) in [5.74, 6) is 0. The van der Waals surface area contributed by atoms with Crippen molar-refractivity contribution in [3.63, 3.8) is 0 Å². The van der Waals surface area contributed by atoms with Crippen LogP contribution in [0.5, 0.6) is 0 Å². The first-order valence-electron chi connectivity index (χ1n) is 4.75. The molecule has 0 atom stereocenters. The van der Waals surface area contributed by atoms with Gasteiger partial charge in [0, 0.05) is 11.0 Å². The SMILES string of the molecule is NCc1ccc2c(Br)cccc2c1.O=[N+]([O-])O. The van der Waals surface area contributed by atoms with E-state index in [2.05, 4.69) is 40.2 Å². The van der Waals surface area contributed by atoms with E-state index in [0.29, 0.717) is 6.54 Å². The number of fused-ring (bicyclic) bond motifs is 1. The van der Waals surface area contributed by atoms with E-state index < -0.39 is 5.09 Å². The monoisotopic (exact) mass is 298 g/mol. The van der Waals surface area contributed by atoms with Gasteiger partial charge < -0.3 is 10.9 Å². The maximum absolute atomic E-state index is 8.36. The lowest BCUT2D eigenvalue weighted by Crippen LogP contribution is -1.95. The predicted octanol–water partition coefficient (Wildman–Crippen LogP) is 2.71. The van der Waals surface area contributed by atoms with E-state index in [0.717, 1.165) is 4.47 Å². The minimum atomic E-state index is -1.50. The molecule has 0 aromatic heterocycles. The van der Waals surface area contributed by atoms with Crippen molar-refractivity contribution < 1.29 is 10.3 Å². The quantitative estimate of drug-likeness (QED) is 0.626. The minimum absolute atomic E-state index is 0.600. The van der Waals surface area contributed by atoms with Crippen LogP contribution in [0.2, 0.25) is 0 Å². The zero-order valence-electron chi connectivity index (χ0n) is 8.84. The third-order valence-electron chi connectivity index (χ3n) is 2.13. The average molecular weight is 299 g/mol. The Morgan fingerprint density at radius 3 is 2.59 bits per heavy atom. The largest absolute Gasteiger partial charge is 0.328 e. The van der Waals surface area contributed by atoms with E-state index in [1.807, 2.05) is 12.1 Å². The second kappa shape index (κ2) is 6.17. The lowest BCUT2D eigenvalue weighted by Gasteiger charge is -2.02. The molecule has 0 unspecified atom stereocenters. The molecular formula is C11H11BrN2O3. The van der Waals surface area contributed by atoms with Crippen LogP contribution in [0.4, 0.5) is 0 Å². The summed E-state index contributed by atoms with van der Waals surface area (Å²) in [7, 11) is 0. The fourth-order valence-electron chi connectivity index (χ4n) is 1.42. The van der Waals surface area contributed by atoms with Crippen molar-refractivity contribution in [3.05, 3.63) is 56.5 Å². The highest BCUT2D eigenvalue weighted by molar-refractivity contribution is 9.10. The lowest BCUT2D eigenvalue weighted by atomic mass is 10.1. The molecule has 0 aliphatic heterocycles. The zero-order valence-corrected chi connectivity index (χ0v) is 10.4. The number of benzene rings is 2. The summed E-state index contributed by atoms with van der Waals surface area (Å²) in [6.45, 7) is 0.600. The van der Waals surface area contributed by atoms with Crippen molar-refractivity contribution in [2.24, 2.45) is 5.73 Å². The first-order valence-corrected chi connectivity index (χ1v) is 5.54. The fourth-order valence-corrected chi connectivity index (χ4v) is 1.93. The molecule has 0 aliphatic rings. The van der Waals surface area contributed by atoms with Crippen LogP contribution >= 0.6 is 15.9 Å². The third-order valence-corrected chi connectivity index (χ3v) is 2.82. The van der Waals surface area contributed by atoms with E-state index in [9.17, 15) is 0 Å². The van der Waals surface area contributed by atoms with Gasteiger partial charge in [0.25, 0.3) is 5.09 Å². The third kappa shape index (κ3) is 4.01. The van der Waals surface area contributed by atoms with Gasteiger partial charge in [-0.2, -0.15) is 0 Å². The second-order valence-corrected chi connectivity index (χ2v) is 4.09. The Balaban J connectivity index is 0.000000317. The molecular weight excluding hydrogens is 288 g/mol. The molecule has 0 heterocycles. The van der Waals surface area contributed by atoms with Crippen LogP contribution in [0.15, 0.2) is 40.9 Å². The van der Waals surface area contributed by atoms with Gasteiger partial charge in [-0.05, 0) is 28.5 Å². The molecule has 6 heteroatoms. The Morgan fingerprint density at radius 2 is 2.00 bits per heavy atom. The molecule has 0 saturated heterocycles. The Hall–Kier alpha value is -1.66. The van der Waals surface area contributed by atoms with Gasteiger partial charge in [0.05, 0.1) is 0 Å². The molecule has 0 spiro atoms. The summed E-state index contributed by atoms with van der Waals surface area (Å²) in [4.78, 5) is 8.36. The summed E-state index contributed by atoms with van der Waals surface area (Å²) in [5.41, 5.74) is 6.74. The van der Waals surface area contributed by atoms with Crippen LogP contribution < -0.4 is 5.73 Å². The van der Waals surface area contributed by atoms with Gasteiger partial charge in [-0.15, -0.1) is 10.1 Å². The van der Waals surface area contributed by atoms with Gasteiger partial charge >= 0.3 is 0 Å². The van der Waals surface area contributed by atoms with Crippen molar-refractivity contribution in [1.82, 2.24) is 0 Å². The molecule has 0 amide bonds. The number of nitrogens with zero attached hydrogens (tertiary/aromatic N) is 1. The zero-order chi connectivity index (χ0) is 12.8. The van der Waals surface area contributed by atoms with Crippen LogP contribution in [-0.2, 0) is 6.54 Å².